The minimum atomic E-state index is 0.870. The number of hydrogen-bond acceptors (Lipinski definition) is 6. The van der Waals surface area contributed by atoms with Gasteiger partial charge in [0.05, 0.1) is 45.6 Å². The molecule has 0 radical (unpaired) electrons. The zero-order chi connectivity index (χ0) is 30.5. The van der Waals surface area contributed by atoms with E-state index >= 15 is 0 Å². The molecule has 4 aromatic rings. The summed E-state index contributed by atoms with van der Waals surface area (Å²) in [5.41, 5.74) is 15.3. The molecule has 0 fully saturated rings. The second kappa shape index (κ2) is 11.1. The summed E-state index contributed by atoms with van der Waals surface area (Å²) in [4.78, 5) is 21.1. The predicted molar refractivity (Wildman–Crippen MR) is 196 cm³/mol. The van der Waals surface area contributed by atoms with E-state index in [0.29, 0.717) is 0 Å². The molecule has 7 heterocycles. The van der Waals surface area contributed by atoms with Crippen molar-refractivity contribution in [1.82, 2.24) is 0 Å². The first-order valence-corrected chi connectivity index (χ1v) is 16.9. The summed E-state index contributed by atoms with van der Waals surface area (Å²) in [5, 5.41) is 8.54. The molecule has 46 heavy (non-hydrogen) atoms. The number of benzene rings is 2. The summed E-state index contributed by atoms with van der Waals surface area (Å²) >= 11 is 3.35. The molecule has 0 aliphatic carbocycles. The Labute approximate surface area is 274 Å². The Kier molecular flexibility index (Phi) is 6.47. The molecule has 2 aromatic heterocycles. The Bertz CT molecular complexity index is 2220. The molecule has 5 aliphatic heterocycles. The van der Waals surface area contributed by atoms with Crippen LogP contribution in [0.5, 0.6) is 0 Å². The highest BCUT2D eigenvalue weighted by atomic mass is 32.1. The number of thiophene rings is 2. The summed E-state index contributed by atoms with van der Waals surface area (Å²) in [7, 11) is 0. The van der Waals surface area contributed by atoms with Gasteiger partial charge in [-0.05, 0) is 105 Å². The van der Waals surface area contributed by atoms with Crippen molar-refractivity contribution in [2.45, 2.75) is 0 Å². The van der Waals surface area contributed by atoms with Crippen LogP contribution in [0.2, 0.25) is 0 Å². The fourth-order valence-electron chi connectivity index (χ4n) is 6.29. The Morgan fingerprint density at radius 1 is 0.326 bits per heavy atom. The molecule has 0 N–H and O–H groups in total. The summed E-state index contributed by atoms with van der Waals surface area (Å²) in [6, 6.07) is 25.1. The lowest BCUT2D eigenvalue weighted by Gasteiger charge is -2.11. The molecule has 0 amide bonds. The lowest BCUT2D eigenvalue weighted by Crippen LogP contribution is -2.03. The lowest BCUT2D eigenvalue weighted by molar-refractivity contribution is 1.41. The maximum Gasteiger partial charge on any atom is 0.0738 e. The zero-order valence-electron chi connectivity index (χ0n) is 24.5. The third kappa shape index (κ3) is 4.58. The molecular weight excluding hydrogens is 601 g/mol. The van der Waals surface area contributed by atoms with E-state index in [0.717, 1.165) is 90.2 Å². The molecule has 5 aliphatic rings. The van der Waals surface area contributed by atoms with Crippen molar-refractivity contribution in [3.63, 3.8) is 0 Å². The number of nitrogens with zero attached hydrogens (tertiary/aromatic N) is 4. The first-order chi connectivity index (χ1) is 22.8. The first kappa shape index (κ1) is 26.8. The monoisotopic (exact) mass is 624 g/mol. The number of rotatable bonds is 4. The topological polar surface area (TPSA) is 49.4 Å². The van der Waals surface area contributed by atoms with Gasteiger partial charge in [-0.3, -0.25) is 0 Å². The largest absolute Gasteiger partial charge is 0.248 e. The van der Waals surface area contributed by atoms with Gasteiger partial charge in [-0.1, -0.05) is 60.7 Å². The van der Waals surface area contributed by atoms with Crippen molar-refractivity contribution in [2.24, 2.45) is 20.0 Å². The smallest absolute Gasteiger partial charge is 0.0738 e. The van der Waals surface area contributed by atoms with Crippen LogP contribution in [-0.4, -0.2) is 22.8 Å². The Morgan fingerprint density at radius 2 is 0.652 bits per heavy atom. The summed E-state index contributed by atoms with van der Waals surface area (Å²) < 4.78 is 0. The molecule has 2 aromatic carbocycles. The van der Waals surface area contributed by atoms with Crippen molar-refractivity contribution < 1.29 is 0 Å². The molecule has 4 nitrogen and oxygen atoms in total. The van der Waals surface area contributed by atoms with Gasteiger partial charge in [0.2, 0.25) is 0 Å². The van der Waals surface area contributed by atoms with Crippen LogP contribution >= 0.6 is 22.7 Å². The third-order valence-electron chi connectivity index (χ3n) is 8.35. The van der Waals surface area contributed by atoms with Crippen LogP contribution in [0.3, 0.4) is 0 Å². The van der Waals surface area contributed by atoms with Crippen molar-refractivity contribution in [2.75, 3.05) is 0 Å². The molecule has 0 unspecified atom stereocenters. The second-order valence-electron chi connectivity index (χ2n) is 11.1. The average molecular weight is 625 g/mol. The first-order valence-electron chi connectivity index (χ1n) is 15.0. The Morgan fingerprint density at radius 3 is 0.957 bits per heavy atom. The van der Waals surface area contributed by atoms with E-state index in [2.05, 4.69) is 131 Å². The van der Waals surface area contributed by atoms with E-state index in [-0.39, 0.29) is 0 Å². The highest BCUT2D eigenvalue weighted by molar-refractivity contribution is 7.08. The van der Waals surface area contributed by atoms with Gasteiger partial charge < -0.3 is 0 Å². The van der Waals surface area contributed by atoms with Crippen LogP contribution in [0, 0.1) is 0 Å². The van der Waals surface area contributed by atoms with E-state index in [1.54, 1.807) is 22.7 Å². The molecule has 216 valence electrons. The van der Waals surface area contributed by atoms with Crippen molar-refractivity contribution in [1.29, 1.82) is 0 Å². The van der Waals surface area contributed by atoms with E-state index in [1.807, 2.05) is 12.1 Å². The van der Waals surface area contributed by atoms with Gasteiger partial charge in [-0.15, -0.1) is 0 Å². The van der Waals surface area contributed by atoms with Crippen LogP contribution in [-0.2, 0) is 0 Å². The minimum Gasteiger partial charge on any atom is -0.248 e. The van der Waals surface area contributed by atoms with Gasteiger partial charge in [0.1, 0.15) is 0 Å². The second-order valence-corrected chi connectivity index (χ2v) is 12.7. The summed E-state index contributed by atoms with van der Waals surface area (Å²) in [6.07, 6.45) is 16.9. The van der Waals surface area contributed by atoms with Crippen LogP contribution < -0.4 is 0 Å². The highest BCUT2D eigenvalue weighted by Crippen LogP contribution is 2.38. The van der Waals surface area contributed by atoms with E-state index < -0.39 is 0 Å². The minimum absolute atomic E-state index is 0.870. The predicted octanol–water partition coefficient (Wildman–Crippen LogP) is 9.81. The number of fused-ring (bicyclic) bond motifs is 4. The van der Waals surface area contributed by atoms with E-state index in [1.165, 1.54) is 0 Å². The normalized spacial score (nSPS) is 18.3. The molecule has 9 rings (SSSR count). The van der Waals surface area contributed by atoms with Gasteiger partial charge in [0.25, 0.3) is 0 Å². The van der Waals surface area contributed by atoms with Crippen LogP contribution in [0.4, 0.5) is 0 Å². The quantitative estimate of drug-likeness (QED) is 0.217. The maximum atomic E-state index is 5.30. The molecule has 0 atom stereocenters. The highest BCUT2D eigenvalue weighted by Gasteiger charge is 2.27. The number of hydrogen-bond donors (Lipinski definition) is 0. The molecule has 0 spiro atoms. The molecule has 0 saturated carbocycles. The summed E-state index contributed by atoms with van der Waals surface area (Å²) in [6.45, 7) is 0. The third-order valence-corrected chi connectivity index (χ3v) is 9.72. The number of allylic oxidation sites excluding steroid dienone is 12. The van der Waals surface area contributed by atoms with Crippen molar-refractivity contribution >= 4 is 67.8 Å². The Balaban J connectivity index is 1.37. The van der Waals surface area contributed by atoms with Gasteiger partial charge in [0, 0.05) is 22.3 Å². The van der Waals surface area contributed by atoms with Crippen LogP contribution in [0.15, 0.2) is 186 Å². The van der Waals surface area contributed by atoms with E-state index in [9.17, 15) is 0 Å². The van der Waals surface area contributed by atoms with Crippen molar-refractivity contribution in [3.8, 4) is 0 Å². The van der Waals surface area contributed by atoms with Gasteiger partial charge in [-0.2, -0.15) is 22.7 Å². The SMILES string of the molecule is C1=CC2=C(c3ccccc3)C3=NC(=C(c4ccsc4)C4=NC(=C(c5ccsc5)C5=NC(=C(c6ccccc6)C1=N2)C=C5)C=C4)C=C3. The van der Waals surface area contributed by atoms with Crippen molar-refractivity contribution in [3.05, 3.63) is 188 Å². The zero-order valence-corrected chi connectivity index (χ0v) is 26.1. The fraction of sp³-hybridized carbons (Fsp3) is 0. The van der Waals surface area contributed by atoms with Gasteiger partial charge in [-0.25, -0.2) is 20.0 Å². The molecule has 6 heteroatoms. The molecule has 8 bridgehead atoms. The van der Waals surface area contributed by atoms with Gasteiger partial charge in [0.15, 0.2) is 0 Å². The van der Waals surface area contributed by atoms with Crippen LogP contribution in [0.1, 0.15) is 22.3 Å². The fourth-order valence-corrected chi connectivity index (χ4v) is 7.59. The lowest BCUT2D eigenvalue weighted by atomic mass is 9.99. The molecule has 0 saturated heterocycles. The average Bonchev–Trinajstić information content (AvgIpc) is 3.93. The Hall–Kier alpha value is -5.56. The summed E-state index contributed by atoms with van der Waals surface area (Å²) in [5.74, 6) is 0. The van der Waals surface area contributed by atoms with Gasteiger partial charge >= 0.3 is 0 Å². The van der Waals surface area contributed by atoms with E-state index in [4.69, 9.17) is 20.0 Å². The number of aliphatic imine (C=N–C) groups is 4. The standard InChI is InChI=1S/C40H24N4S2/c1-3-7-25(8-4-1)37-29-11-12-30(41-29)38(26-9-5-2-6-10-26)32-14-16-34(43-32)40(28-20-22-46-24-28)36-18-17-35(44-36)39(27-19-21-45-23-27)33-15-13-31(37)42-33/h1-24H. The maximum absolute atomic E-state index is 5.30. The molecular formula is C40H24N4S2. The van der Waals surface area contributed by atoms with Crippen LogP contribution in [0.25, 0.3) is 22.3 Å².